The molecule has 0 saturated carbocycles. The van der Waals surface area contributed by atoms with Gasteiger partial charge < -0.3 is 0 Å². The molecular weight excluding hydrogens is 360 g/mol. The molecule has 25 heavy (non-hydrogen) atoms. The molecule has 0 radical (unpaired) electrons. The van der Waals surface area contributed by atoms with E-state index >= 15 is 0 Å². The number of thiazole rings is 1. The molecule has 3 rings (SSSR count). The summed E-state index contributed by atoms with van der Waals surface area (Å²) in [7, 11) is 0. The molecule has 0 saturated heterocycles. The predicted molar refractivity (Wildman–Crippen MR) is 101 cm³/mol. The molecule has 0 amide bonds. The lowest BCUT2D eigenvalue weighted by Gasteiger charge is -2.02. The molecule has 2 aromatic carbocycles. The van der Waals surface area contributed by atoms with E-state index in [9.17, 15) is 10.1 Å². The molecule has 126 valence electrons. The summed E-state index contributed by atoms with van der Waals surface area (Å²) >= 11 is 7.26. The number of nitro benzene ring substituents is 1. The first-order valence-electron chi connectivity index (χ1n) is 7.30. The van der Waals surface area contributed by atoms with E-state index in [-0.39, 0.29) is 10.7 Å². The number of aromatic nitrogens is 1. The quantitative estimate of drug-likeness (QED) is 0.379. The molecule has 0 aliphatic heterocycles. The highest BCUT2D eigenvalue weighted by Gasteiger charge is 2.14. The van der Waals surface area contributed by atoms with E-state index in [1.165, 1.54) is 23.5 Å². The summed E-state index contributed by atoms with van der Waals surface area (Å²) in [6.45, 7) is 1.76. The van der Waals surface area contributed by atoms with Crippen LogP contribution in [-0.4, -0.2) is 15.6 Å². The predicted octanol–water partition coefficient (Wildman–Crippen LogP) is 5.21. The third-order valence-corrected chi connectivity index (χ3v) is 4.52. The van der Waals surface area contributed by atoms with Crippen LogP contribution in [0.1, 0.15) is 12.5 Å². The molecule has 1 aromatic heterocycles. The van der Waals surface area contributed by atoms with Crippen LogP contribution in [0.2, 0.25) is 5.02 Å². The van der Waals surface area contributed by atoms with Crippen molar-refractivity contribution in [2.24, 2.45) is 5.10 Å². The summed E-state index contributed by atoms with van der Waals surface area (Å²) in [5.41, 5.74) is 5.85. The van der Waals surface area contributed by atoms with E-state index < -0.39 is 4.92 Å². The van der Waals surface area contributed by atoms with Crippen molar-refractivity contribution in [2.75, 3.05) is 5.43 Å². The lowest BCUT2D eigenvalue weighted by molar-refractivity contribution is -0.384. The molecule has 8 heteroatoms. The van der Waals surface area contributed by atoms with Crippen molar-refractivity contribution < 1.29 is 4.92 Å². The fourth-order valence-corrected chi connectivity index (χ4v) is 2.99. The minimum Gasteiger partial charge on any atom is -0.258 e. The molecule has 0 aliphatic rings. The van der Waals surface area contributed by atoms with Crippen LogP contribution in [0.5, 0.6) is 0 Å². The van der Waals surface area contributed by atoms with Gasteiger partial charge in [0.15, 0.2) is 0 Å². The van der Waals surface area contributed by atoms with Gasteiger partial charge >= 0.3 is 0 Å². The second-order valence-corrected chi connectivity index (χ2v) is 6.40. The highest BCUT2D eigenvalue weighted by Crippen LogP contribution is 2.26. The molecule has 0 fully saturated rings. The Labute approximate surface area is 153 Å². The van der Waals surface area contributed by atoms with Gasteiger partial charge in [-0.3, -0.25) is 15.5 Å². The van der Waals surface area contributed by atoms with Gasteiger partial charge in [0.05, 0.1) is 16.3 Å². The third-order valence-electron chi connectivity index (χ3n) is 3.45. The summed E-state index contributed by atoms with van der Waals surface area (Å²) < 4.78 is 0. The number of hydrogen-bond donors (Lipinski definition) is 1. The molecule has 1 heterocycles. The Hall–Kier alpha value is -2.77. The van der Waals surface area contributed by atoms with Gasteiger partial charge in [-0.05, 0) is 13.0 Å². The topological polar surface area (TPSA) is 80.4 Å². The third kappa shape index (κ3) is 4.01. The maximum atomic E-state index is 11.0. The fourth-order valence-electron chi connectivity index (χ4n) is 2.14. The zero-order valence-corrected chi connectivity index (χ0v) is 14.7. The monoisotopic (exact) mass is 372 g/mol. The van der Waals surface area contributed by atoms with Crippen LogP contribution in [0.3, 0.4) is 0 Å². The van der Waals surface area contributed by atoms with E-state index in [1.807, 2.05) is 35.7 Å². The van der Waals surface area contributed by atoms with Crippen molar-refractivity contribution in [3.63, 3.8) is 0 Å². The zero-order chi connectivity index (χ0) is 17.8. The van der Waals surface area contributed by atoms with Gasteiger partial charge in [-0.1, -0.05) is 48.0 Å². The lowest BCUT2D eigenvalue weighted by Crippen LogP contribution is -2.01. The average Bonchev–Trinajstić information content (AvgIpc) is 3.09. The van der Waals surface area contributed by atoms with Crippen LogP contribution in [0.4, 0.5) is 10.8 Å². The van der Waals surface area contributed by atoms with Crippen LogP contribution in [0.15, 0.2) is 59.0 Å². The zero-order valence-electron chi connectivity index (χ0n) is 13.1. The van der Waals surface area contributed by atoms with E-state index in [0.29, 0.717) is 16.4 Å². The normalized spacial score (nSPS) is 11.4. The molecule has 0 unspecified atom stereocenters. The summed E-state index contributed by atoms with van der Waals surface area (Å²) in [4.78, 5) is 14.9. The van der Waals surface area contributed by atoms with Gasteiger partial charge in [0.2, 0.25) is 5.13 Å². The van der Waals surface area contributed by atoms with Gasteiger partial charge in [-0.15, -0.1) is 11.3 Å². The maximum Gasteiger partial charge on any atom is 0.288 e. The molecular formula is C17H13ClN4O2S. The Morgan fingerprint density at radius 3 is 2.76 bits per heavy atom. The van der Waals surface area contributed by atoms with Crippen molar-refractivity contribution in [1.82, 2.24) is 4.98 Å². The van der Waals surface area contributed by atoms with Crippen molar-refractivity contribution in [3.8, 4) is 11.3 Å². The molecule has 0 spiro atoms. The highest BCUT2D eigenvalue weighted by atomic mass is 35.5. The Bertz CT molecular complexity index is 941. The summed E-state index contributed by atoms with van der Waals surface area (Å²) in [6.07, 6.45) is 0. The first kappa shape index (κ1) is 17.1. The summed E-state index contributed by atoms with van der Waals surface area (Å²) in [5, 5.41) is 17.9. The van der Waals surface area contributed by atoms with Crippen LogP contribution in [0.25, 0.3) is 11.3 Å². The van der Waals surface area contributed by atoms with Gasteiger partial charge in [-0.2, -0.15) is 5.10 Å². The number of nitrogens with one attached hydrogen (secondary N) is 1. The van der Waals surface area contributed by atoms with Crippen LogP contribution >= 0.6 is 22.9 Å². The molecule has 6 nitrogen and oxygen atoms in total. The summed E-state index contributed by atoms with van der Waals surface area (Å²) in [5.74, 6) is 0. The van der Waals surface area contributed by atoms with Crippen LogP contribution in [0, 0.1) is 10.1 Å². The average molecular weight is 373 g/mol. The molecule has 0 bridgehead atoms. The summed E-state index contributed by atoms with van der Waals surface area (Å²) in [6, 6.07) is 14.4. The Balaban J connectivity index is 1.77. The van der Waals surface area contributed by atoms with Gasteiger partial charge in [0, 0.05) is 22.6 Å². The van der Waals surface area contributed by atoms with Gasteiger partial charge in [-0.25, -0.2) is 4.98 Å². The number of benzene rings is 2. The first-order valence-corrected chi connectivity index (χ1v) is 8.56. The number of rotatable bonds is 5. The number of anilines is 1. The maximum absolute atomic E-state index is 11.0. The molecule has 1 N–H and O–H groups in total. The van der Waals surface area contributed by atoms with Crippen molar-refractivity contribution >= 4 is 39.5 Å². The van der Waals surface area contributed by atoms with Crippen molar-refractivity contribution in [2.45, 2.75) is 6.92 Å². The number of halogens is 1. The van der Waals surface area contributed by atoms with Crippen molar-refractivity contribution in [3.05, 3.63) is 74.6 Å². The van der Waals surface area contributed by atoms with Gasteiger partial charge in [0.25, 0.3) is 5.69 Å². The number of hydrogen-bond acceptors (Lipinski definition) is 6. The Morgan fingerprint density at radius 2 is 2.04 bits per heavy atom. The van der Waals surface area contributed by atoms with E-state index in [1.54, 1.807) is 13.0 Å². The van der Waals surface area contributed by atoms with Crippen LogP contribution in [-0.2, 0) is 0 Å². The Morgan fingerprint density at radius 1 is 1.28 bits per heavy atom. The second-order valence-electron chi connectivity index (χ2n) is 5.14. The van der Waals surface area contributed by atoms with E-state index in [2.05, 4.69) is 15.5 Å². The number of hydrazone groups is 1. The number of nitrogens with zero attached hydrogens (tertiary/aromatic N) is 3. The molecule has 3 aromatic rings. The largest absolute Gasteiger partial charge is 0.288 e. The van der Waals surface area contributed by atoms with Crippen molar-refractivity contribution in [1.29, 1.82) is 0 Å². The fraction of sp³-hybridized carbons (Fsp3) is 0.0588. The minimum atomic E-state index is -0.514. The van der Waals surface area contributed by atoms with Gasteiger partial charge in [0.1, 0.15) is 5.02 Å². The standard InChI is InChI=1S/C17H13ClN4O2S/c1-11(13-7-8-14(18)16(9-13)22(23)24)20-21-17-19-15(10-25-17)12-5-3-2-4-6-12/h2-10H,1H3,(H,19,21)/b20-11-. The number of nitro groups is 1. The van der Waals surface area contributed by atoms with Crippen LogP contribution < -0.4 is 5.43 Å². The lowest BCUT2D eigenvalue weighted by atomic mass is 10.1. The smallest absolute Gasteiger partial charge is 0.258 e. The molecule has 0 aliphatic carbocycles. The first-order chi connectivity index (χ1) is 12.0. The van der Waals surface area contributed by atoms with E-state index in [4.69, 9.17) is 11.6 Å². The Kier molecular flexibility index (Phi) is 5.06. The SMILES string of the molecule is C/C(=N/Nc1nc(-c2ccccc2)cs1)c1ccc(Cl)c([N+](=O)[O-])c1. The highest BCUT2D eigenvalue weighted by molar-refractivity contribution is 7.14. The minimum absolute atomic E-state index is 0.0990. The molecule has 0 atom stereocenters. The second kappa shape index (κ2) is 7.42. The van der Waals surface area contributed by atoms with E-state index in [0.717, 1.165) is 11.3 Å².